The molecular weight excluding hydrogens is 112 g/mol. The highest BCUT2D eigenvalue weighted by Gasteiger charge is 2.19. The van der Waals surface area contributed by atoms with Crippen molar-refractivity contribution in [2.24, 2.45) is 11.8 Å². The summed E-state index contributed by atoms with van der Waals surface area (Å²) in [7, 11) is 0. The van der Waals surface area contributed by atoms with E-state index in [0.29, 0.717) is 0 Å². The largest absolute Gasteiger partial charge is 0.381 e. The van der Waals surface area contributed by atoms with E-state index < -0.39 is 0 Å². The molecule has 9 heavy (non-hydrogen) atoms. The van der Waals surface area contributed by atoms with E-state index in [1.165, 1.54) is 12.8 Å². The van der Waals surface area contributed by atoms with Crippen LogP contribution >= 0.6 is 0 Å². The van der Waals surface area contributed by atoms with Crippen LogP contribution in [0.5, 0.6) is 0 Å². The van der Waals surface area contributed by atoms with Gasteiger partial charge in [-0.25, -0.2) is 0 Å². The van der Waals surface area contributed by atoms with Crippen LogP contribution in [-0.2, 0) is 4.74 Å². The van der Waals surface area contributed by atoms with Crippen LogP contribution in [0.4, 0.5) is 0 Å². The summed E-state index contributed by atoms with van der Waals surface area (Å²) in [5.74, 6) is 1.72. The summed E-state index contributed by atoms with van der Waals surface area (Å²) in [5, 5.41) is 0. The highest BCUT2D eigenvalue weighted by atomic mass is 16.5. The average molecular weight is 128 g/mol. The van der Waals surface area contributed by atoms with Gasteiger partial charge in [-0.3, -0.25) is 0 Å². The zero-order chi connectivity index (χ0) is 6.69. The molecule has 2 atom stereocenters. The smallest absolute Gasteiger partial charge is 0.0496 e. The molecule has 0 aromatic rings. The van der Waals surface area contributed by atoms with Gasteiger partial charge in [0.05, 0.1) is 0 Å². The van der Waals surface area contributed by atoms with E-state index >= 15 is 0 Å². The van der Waals surface area contributed by atoms with Crippen LogP contribution in [0.15, 0.2) is 0 Å². The predicted octanol–water partition coefficient (Wildman–Crippen LogP) is 2.07. The lowest BCUT2D eigenvalue weighted by molar-refractivity contribution is 0.0214. The van der Waals surface area contributed by atoms with Gasteiger partial charge in [0.15, 0.2) is 0 Å². The summed E-state index contributed by atoms with van der Waals surface area (Å²) in [6.45, 7) is 6.56. The molecule has 0 amide bonds. The third-order valence-corrected chi connectivity index (χ3v) is 2.38. The maximum Gasteiger partial charge on any atom is 0.0496 e. The zero-order valence-electron chi connectivity index (χ0n) is 6.39. The Labute approximate surface area is 57.4 Å². The van der Waals surface area contributed by atoms with Crippen molar-refractivity contribution in [1.82, 2.24) is 0 Å². The van der Waals surface area contributed by atoms with Gasteiger partial charge in [0, 0.05) is 13.2 Å². The molecule has 0 aliphatic carbocycles. The van der Waals surface area contributed by atoms with Crippen molar-refractivity contribution in [2.45, 2.75) is 26.7 Å². The lowest BCUT2D eigenvalue weighted by Crippen LogP contribution is -2.24. The molecule has 0 radical (unpaired) electrons. The maximum atomic E-state index is 5.34. The summed E-state index contributed by atoms with van der Waals surface area (Å²) in [6.07, 6.45) is 2.54. The first-order valence-electron chi connectivity index (χ1n) is 3.92. The Hall–Kier alpha value is -0.0400. The monoisotopic (exact) mass is 128 g/mol. The van der Waals surface area contributed by atoms with E-state index in [0.717, 1.165) is 25.0 Å². The fourth-order valence-electron chi connectivity index (χ4n) is 1.42. The molecular formula is C8H16O. The van der Waals surface area contributed by atoms with Gasteiger partial charge in [0.1, 0.15) is 0 Å². The highest BCUT2D eigenvalue weighted by molar-refractivity contribution is 4.68. The molecule has 0 spiro atoms. The first-order valence-corrected chi connectivity index (χ1v) is 3.92. The predicted molar refractivity (Wildman–Crippen MR) is 38.4 cm³/mol. The van der Waals surface area contributed by atoms with Crippen molar-refractivity contribution in [2.75, 3.05) is 13.2 Å². The molecule has 0 N–H and O–H groups in total. The van der Waals surface area contributed by atoms with Gasteiger partial charge in [-0.05, 0) is 18.3 Å². The van der Waals surface area contributed by atoms with E-state index in [9.17, 15) is 0 Å². The van der Waals surface area contributed by atoms with E-state index in [1.54, 1.807) is 0 Å². The van der Waals surface area contributed by atoms with Gasteiger partial charge in [-0.1, -0.05) is 20.3 Å². The van der Waals surface area contributed by atoms with Gasteiger partial charge < -0.3 is 4.74 Å². The van der Waals surface area contributed by atoms with Gasteiger partial charge in [0.2, 0.25) is 0 Å². The Morgan fingerprint density at radius 3 is 2.78 bits per heavy atom. The second-order valence-electron chi connectivity index (χ2n) is 3.01. The van der Waals surface area contributed by atoms with Crippen LogP contribution in [-0.4, -0.2) is 13.2 Å². The molecule has 0 saturated carbocycles. The second kappa shape index (κ2) is 3.21. The number of rotatable bonds is 1. The van der Waals surface area contributed by atoms with Crippen molar-refractivity contribution in [3.05, 3.63) is 0 Å². The molecule has 0 bridgehead atoms. The lowest BCUT2D eigenvalue weighted by Gasteiger charge is -2.27. The molecule has 1 fully saturated rings. The minimum absolute atomic E-state index is 0.832. The van der Waals surface area contributed by atoms with Gasteiger partial charge >= 0.3 is 0 Å². The summed E-state index contributed by atoms with van der Waals surface area (Å²) in [5.41, 5.74) is 0. The van der Waals surface area contributed by atoms with E-state index in [2.05, 4.69) is 13.8 Å². The summed E-state index contributed by atoms with van der Waals surface area (Å²) < 4.78 is 5.34. The first kappa shape index (κ1) is 7.07. The summed E-state index contributed by atoms with van der Waals surface area (Å²) >= 11 is 0. The molecule has 1 unspecified atom stereocenters. The summed E-state index contributed by atoms with van der Waals surface area (Å²) in [4.78, 5) is 0. The van der Waals surface area contributed by atoms with Crippen LogP contribution < -0.4 is 0 Å². The molecule has 1 aliphatic heterocycles. The first-order chi connectivity index (χ1) is 4.34. The SMILES string of the molecule is CC[C@@H]1COCCC1C. The van der Waals surface area contributed by atoms with Crippen molar-refractivity contribution in [3.8, 4) is 0 Å². The Kier molecular flexibility index (Phi) is 2.52. The zero-order valence-corrected chi connectivity index (χ0v) is 6.39. The molecule has 1 heterocycles. The minimum Gasteiger partial charge on any atom is -0.381 e. The number of hydrogen-bond acceptors (Lipinski definition) is 1. The average Bonchev–Trinajstić information content (AvgIpc) is 1.89. The molecule has 1 heteroatoms. The Balaban J connectivity index is 2.30. The Bertz CT molecular complexity index is 80.6. The molecule has 1 nitrogen and oxygen atoms in total. The Morgan fingerprint density at radius 2 is 2.33 bits per heavy atom. The maximum absolute atomic E-state index is 5.34. The molecule has 1 rings (SSSR count). The lowest BCUT2D eigenvalue weighted by atomic mass is 9.88. The third-order valence-electron chi connectivity index (χ3n) is 2.38. The van der Waals surface area contributed by atoms with E-state index in [1.807, 2.05) is 0 Å². The van der Waals surface area contributed by atoms with Crippen LogP contribution in [0.3, 0.4) is 0 Å². The third kappa shape index (κ3) is 1.68. The van der Waals surface area contributed by atoms with Crippen LogP contribution in [0.25, 0.3) is 0 Å². The quantitative estimate of drug-likeness (QED) is 0.525. The number of ether oxygens (including phenoxy) is 1. The van der Waals surface area contributed by atoms with Gasteiger partial charge in [-0.2, -0.15) is 0 Å². The fraction of sp³-hybridized carbons (Fsp3) is 1.00. The van der Waals surface area contributed by atoms with Crippen molar-refractivity contribution >= 4 is 0 Å². The van der Waals surface area contributed by atoms with Crippen LogP contribution in [0.1, 0.15) is 26.7 Å². The molecule has 0 aromatic carbocycles. The topological polar surface area (TPSA) is 9.23 Å². The van der Waals surface area contributed by atoms with Crippen LogP contribution in [0, 0.1) is 11.8 Å². The fourth-order valence-corrected chi connectivity index (χ4v) is 1.42. The summed E-state index contributed by atoms with van der Waals surface area (Å²) in [6, 6.07) is 0. The molecule has 0 aromatic heterocycles. The standard InChI is InChI=1S/C8H16O/c1-3-8-6-9-5-4-7(8)2/h7-8H,3-6H2,1-2H3/t7?,8-/m1/s1. The minimum atomic E-state index is 0.832. The van der Waals surface area contributed by atoms with Crippen LogP contribution in [0.2, 0.25) is 0 Å². The molecule has 1 saturated heterocycles. The number of hydrogen-bond donors (Lipinski definition) is 0. The highest BCUT2D eigenvalue weighted by Crippen LogP contribution is 2.23. The molecule has 1 aliphatic rings. The van der Waals surface area contributed by atoms with E-state index in [4.69, 9.17) is 4.74 Å². The van der Waals surface area contributed by atoms with Crippen molar-refractivity contribution in [1.29, 1.82) is 0 Å². The second-order valence-corrected chi connectivity index (χ2v) is 3.01. The molecule has 54 valence electrons. The van der Waals surface area contributed by atoms with Gasteiger partial charge in [-0.15, -0.1) is 0 Å². The van der Waals surface area contributed by atoms with Gasteiger partial charge in [0.25, 0.3) is 0 Å². The van der Waals surface area contributed by atoms with Crippen molar-refractivity contribution in [3.63, 3.8) is 0 Å². The van der Waals surface area contributed by atoms with E-state index in [-0.39, 0.29) is 0 Å². The van der Waals surface area contributed by atoms with Crippen molar-refractivity contribution < 1.29 is 4.74 Å². The normalized spacial score (nSPS) is 36.7. The Morgan fingerprint density at radius 1 is 1.56 bits per heavy atom.